The van der Waals surface area contributed by atoms with Crippen LogP contribution in [0.4, 0.5) is 5.82 Å². The van der Waals surface area contributed by atoms with Gasteiger partial charge in [0, 0.05) is 12.6 Å². The number of aromatic nitrogens is 2. The summed E-state index contributed by atoms with van der Waals surface area (Å²) in [4.78, 5) is 29.5. The maximum absolute atomic E-state index is 11.7. The van der Waals surface area contributed by atoms with Crippen LogP contribution in [0.25, 0.3) is 0 Å². The van der Waals surface area contributed by atoms with E-state index in [1.807, 2.05) is 30.3 Å². The third-order valence-electron chi connectivity index (χ3n) is 2.62. The second-order valence-corrected chi connectivity index (χ2v) is 4.33. The molecule has 3 N–H and O–H groups in total. The molecule has 1 aromatic heterocycles. The molecule has 0 unspecified atom stereocenters. The first-order valence-corrected chi connectivity index (χ1v) is 6.26. The molecule has 6 nitrogen and oxygen atoms in total. The Morgan fingerprint density at radius 2 is 2.05 bits per heavy atom. The number of benzene rings is 1. The third-order valence-corrected chi connectivity index (χ3v) is 2.62. The van der Waals surface area contributed by atoms with Crippen molar-refractivity contribution in [2.24, 2.45) is 0 Å². The van der Waals surface area contributed by atoms with E-state index in [1.54, 1.807) is 6.92 Å². The highest BCUT2D eigenvalue weighted by atomic mass is 16.2. The molecule has 0 fully saturated rings. The molecule has 1 amide bonds. The number of hydrogen-bond donors (Lipinski definition) is 3. The van der Waals surface area contributed by atoms with Crippen molar-refractivity contribution in [2.75, 3.05) is 11.9 Å². The van der Waals surface area contributed by atoms with Crippen LogP contribution in [0.2, 0.25) is 0 Å². The van der Waals surface area contributed by atoms with Gasteiger partial charge in [-0.15, -0.1) is 0 Å². The fourth-order valence-electron chi connectivity index (χ4n) is 1.70. The predicted octanol–water partition coefficient (Wildman–Crippen LogP) is 0.807. The Balaban J connectivity index is 1.82. The van der Waals surface area contributed by atoms with Crippen LogP contribution in [0.15, 0.2) is 41.2 Å². The summed E-state index contributed by atoms with van der Waals surface area (Å²) in [6, 6.07) is 11.0. The molecule has 0 aliphatic rings. The minimum absolute atomic E-state index is 0.0721. The van der Waals surface area contributed by atoms with E-state index in [0.717, 1.165) is 5.56 Å². The monoisotopic (exact) mass is 272 g/mol. The molecule has 1 aromatic carbocycles. The summed E-state index contributed by atoms with van der Waals surface area (Å²) in [6.07, 6.45) is 0. The van der Waals surface area contributed by atoms with Crippen molar-refractivity contribution < 1.29 is 4.79 Å². The zero-order chi connectivity index (χ0) is 14.4. The Labute approximate surface area is 116 Å². The summed E-state index contributed by atoms with van der Waals surface area (Å²) in [5.41, 5.74) is 0.788. The van der Waals surface area contributed by atoms with E-state index in [-0.39, 0.29) is 18.0 Å². The van der Waals surface area contributed by atoms with Gasteiger partial charge in [-0.1, -0.05) is 30.3 Å². The lowest BCUT2D eigenvalue weighted by Crippen LogP contribution is -2.30. The van der Waals surface area contributed by atoms with Crippen molar-refractivity contribution in [2.45, 2.75) is 13.5 Å². The van der Waals surface area contributed by atoms with E-state index in [4.69, 9.17) is 0 Å². The van der Waals surface area contributed by atoms with Gasteiger partial charge in [0.1, 0.15) is 11.6 Å². The van der Waals surface area contributed by atoms with Gasteiger partial charge in [0.05, 0.1) is 6.54 Å². The van der Waals surface area contributed by atoms with E-state index >= 15 is 0 Å². The van der Waals surface area contributed by atoms with Crippen molar-refractivity contribution in [1.29, 1.82) is 0 Å². The maximum Gasteiger partial charge on any atom is 0.252 e. The minimum Gasteiger partial charge on any atom is -0.361 e. The molecule has 20 heavy (non-hydrogen) atoms. The standard InChI is InChI=1S/C14H16N4O2/c1-10-17-12(7-13(19)18-10)15-9-14(20)16-8-11-5-3-2-4-6-11/h2-7H,8-9H2,1H3,(H,16,20)(H2,15,17,18,19). The van der Waals surface area contributed by atoms with Crippen LogP contribution < -0.4 is 16.2 Å². The van der Waals surface area contributed by atoms with Crippen molar-refractivity contribution in [3.63, 3.8) is 0 Å². The molecule has 1 heterocycles. The molecular weight excluding hydrogens is 256 g/mol. The number of anilines is 1. The van der Waals surface area contributed by atoms with Crippen molar-refractivity contribution in [3.05, 3.63) is 58.1 Å². The SMILES string of the molecule is Cc1nc(NCC(=O)NCc2ccccc2)cc(=O)[nH]1. The molecule has 0 atom stereocenters. The van der Waals surface area contributed by atoms with E-state index in [2.05, 4.69) is 20.6 Å². The summed E-state index contributed by atoms with van der Waals surface area (Å²) in [7, 11) is 0. The van der Waals surface area contributed by atoms with E-state index in [9.17, 15) is 9.59 Å². The number of amides is 1. The Morgan fingerprint density at radius 1 is 1.30 bits per heavy atom. The lowest BCUT2D eigenvalue weighted by Gasteiger charge is -2.07. The Morgan fingerprint density at radius 3 is 2.75 bits per heavy atom. The summed E-state index contributed by atoms with van der Waals surface area (Å²) in [5.74, 6) is 0.736. The highest BCUT2D eigenvalue weighted by Gasteiger charge is 2.03. The first-order chi connectivity index (χ1) is 9.63. The molecule has 104 valence electrons. The largest absolute Gasteiger partial charge is 0.361 e. The number of nitrogens with one attached hydrogen (secondary N) is 3. The molecule has 6 heteroatoms. The lowest BCUT2D eigenvalue weighted by molar-refractivity contribution is -0.119. The van der Waals surface area contributed by atoms with Crippen LogP contribution in [0.3, 0.4) is 0 Å². The number of carbonyl (C=O) groups excluding carboxylic acids is 1. The van der Waals surface area contributed by atoms with Gasteiger partial charge in [0.2, 0.25) is 5.91 Å². The summed E-state index contributed by atoms with van der Waals surface area (Å²) < 4.78 is 0. The van der Waals surface area contributed by atoms with Crippen molar-refractivity contribution >= 4 is 11.7 Å². The number of nitrogens with zero attached hydrogens (tertiary/aromatic N) is 1. The van der Waals surface area contributed by atoms with Gasteiger partial charge < -0.3 is 15.6 Å². The van der Waals surface area contributed by atoms with Gasteiger partial charge in [-0.25, -0.2) is 4.98 Å². The zero-order valence-corrected chi connectivity index (χ0v) is 11.1. The van der Waals surface area contributed by atoms with Gasteiger partial charge in [-0.2, -0.15) is 0 Å². The van der Waals surface area contributed by atoms with Crippen LogP contribution in [-0.2, 0) is 11.3 Å². The Bertz CT molecular complexity index is 637. The number of aromatic amines is 1. The molecule has 0 aliphatic heterocycles. The first-order valence-electron chi connectivity index (χ1n) is 6.26. The predicted molar refractivity (Wildman–Crippen MR) is 76.4 cm³/mol. The van der Waals surface area contributed by atoms with Crippen LogP contribution in [0.5, 0.6) is 0 Å². The smallest absolute Gasteiger partial charge is 0.252 e. The molecule has 2 aromatic rings. The fraction of sp³-hybridized carbons (Fsp3) is 0.214. The Hall–Kier alpha value is -2.63. The van der Waals surface area contributed by atoms with Crippen molar-refractivity contribution in [3.8, 4) is 0 Å². The third kappa shape index (κ3) is 4.24. The molecule has 2 rings (SSSR count). The van der Waals surface area contributed by atoms with Crippen molar-refractivity contribution in [1.82, 2.24) is 15.3 Å². The Kier molecular flexibility index (Phi) is 4.49. The van der Waals surface area contributed by atoms with Gasteiger partial charge in [0.15, 0.2) is 0 Å². The normalized spacial score (nSPS) is 10.1. The fourth-order valence-corrected chi connectivity index (χ4v) is 1.70. The maximum atomic E-state index is 11.7. The quantitative estimate of drug-likeness (QED) is 0.751. The molecular formula is C14H16N4O2. The second kappa shape index (κ2) is 6.51. The van der Waals surface area contributed by atoms with Gasteiger partial charge in [-0.3, -0.25) is 9.59 Å². The highest BCUT2D eigenvalue weighted by Crippen LogP contribution is 1.98. The van der Waals surface area contributed by atoms with Gasteiger partial charge in [-0.05, 0) is 12.5 Å². The summed E-state index contributed by atoms with van der Waals surface area (Å²) in [6.45, 7) is 2.23. The summed E-state index contributed by atoms with van der Waals surface area (Å²) in [5, 5.41) is 5.60. The van der Waals surface area contributed by atoms with Gasteiger partial charge >= 0.3 is 0 Å². The van der Waals surface area contributed by atoms with E-state index in [1.165, 1.54) is 6.07 Å². The zero-order valence-electron chi connectivity index (χ0n) is 11.1. The minimum atomic E-state index is -0.246. The van der Waals surface area contributed by atoms with E-state index in [0.29, 0.717) is 18.2 Å². The van der Waals surface area contributed by atoms with Crippen LogP contribution in [-0.4, -0.2) is 22.4 Å². The topological polar surface area (TPSA) is 86.9 Å². The summed E-state index contributed by atoms with van der Waals surface area (Å²) >= 11 is 0. The number of H-pyrrole nitrogens is 1. The number of rotatable bonds is 5. The van der Waals surface area contributed by atoms with Crippen LogP contribution >= 0.6 is 0 Å². The molecule has 0 saturated carbocycles. The van der Waals surface area contributed by atoms with Crippen LogP contribution in [0, 0.1) is 6.92 Å². The molecule has 0 saturated heterocycles. The molecule has 0 bridgehead atoms. The molecule has 0 aliphatic carbocycles. The number of hydrogen-bond acceptors (Lipinski definition) is 4. The number of aryl methyl sites for hydroxylation is 1. The highest BCUT2D eigenvalue weighted by molar-refractivity contribution is 5.80. The number of carbonyl (C=O) groups is 1. The van der Waals surface area contributed by atoms with Gasteiger partial charge in [0.25, 0.3) is 5.56 Å². The average Bonchev–Trinajstić information content (AvgIpc) is 2.43. The van der Waals surface area contributed by atoms with Crippen LogP contribution in [0.1, 0.15) is 11.4 Å². The molecule has 0 radical (unpaired) electrons. The van der Waals surface area contributed by atoms with E-state index < -0.39 is 0 Å². The lowest BCUT2D eigenvalue weighted by atomic mass is 10.2. The average molecular weight is 272 g/mol. The second-order valence-electron chi connectivity index (χ2n) is 4.33. The first kappa shape index (κ1) is 13.8. The molecule has 0 spiro atoms.